The molecular formula is C21H24N4OS+2. The van der Waals surface area contributed by atoms with E-state index in [4.69, 9.17) is 9.72 Å². The number of rotatable bonds is 4. The van der Waals surface area contributed by atoms with Gasteiger partial charge >= 0.3 is 0 Å². The van der Waals surface area contributed by atoms with Crippen LogP contribution in [-0.2, 0) is 6.54 Å². The molecule has 1 fully saturated rings. The summed E-state index contributed by atoms with van der Waals surface area (Å²) in [4.78, 5) is 7.78. The maximum atomic E-state index is 5.45. The highest BCUT2D eigenvalue weighted by molar-refractivity contribution is 7.23. The van der Waals surface area contributed by atoms with Gasteiger partial charge in [-0.05, 0) is 24.3 Å². The third-order valence-corrected chi connectivity index (χ3v) is 6.44. The molecule has 0 amide bonds. The van der Waals surface area contributed by atoms with Crippen molar-refractivity contribution in [3.05, 3.63) is 54.2 Å². The number of benzene rings is 2. The first-order chi connectivity index (χ1) is 13.3. The topological polar surface area (TPSA) is 47.6 Å². The number of ether oxygens (including phenoxy) is 1. The van der Waals surface area contributed by atoms with Gasteiger partial charge < -0.3 is 15.0 Å². The van der Waals surface area contributed by atoms with Crippen LogP contribution in [0.2, 0.25) is 0 Å². The van der Waals surface area contributed by atoms with E-state index in [2.05, 4.69) is 46.1 Å². The van der Waals surface area contributed by atoms with E-state index in [9.17, 15) is 0 Å². The first kappa shape index (κ1) is 16.7. The molecule has 0 bridgehead atoms. The monoisotopic (exact) mass is 380 g/mol. The first-order valence-electron chi connectivity index (χ1n) is 9.52. The van der Waals surface area contributed by atoms with E-state index in [1.54, 1.807) is 23.3 Å². The number of methoxy groups -OCH3 is 1. The fraction of sp³-hybridized carbons (Fsp3) is 0.286. The van der Waals surface area contributed by atoms with Crippen LogP contribution in [0, 0.1) is 0 Å². The zero-order valence-corrected chi connectivity index (χ0v) is 16.3. The highest BCUT2D eigenvalue weighted by atomic mass is 32.1. The van der Waals surface area contributed by atoms with Gasteiger partial charge in [0.15, 0.2) is 4.96 Å². The summed E-state index contributed by atoms with van der Waals surface area (Å²) in [5.74, 6) is 0.875. The fourth-order valence-corrected chi connectivity index (χ4v) is 5.08. The molecule has 2 aromatic heterocycles. The Balaban J connectivity index is 1.70. The van der Waals surface area contributed by atoms with Crippen molar-refractivity contribution >= 4 is 26.5 Å². The number of thiazole rings is 1. The molecule has 5 rings (SSSR count). The maximum Gasteiger partial charge on any atom is 0.195 e. The van der Waals surface area contributed by atoms with Gasteiger partial charge in [0, 0.05) is 5.56 Å². The summed E-state index contributed by atoms with van der Waals surface area (Å²) in [7, 11) is 1.72. The Hall–Kier alpha value is -2.41. The van der Waals surface area contributed by atoms with E-state index in [1.165, 1.54) is 42.1 Å². The van der Waals surface area contributed by atoms with Gasteiger partial charge in [0.2, 0.25) is 0 Å². The SMILES string of the molecule is COc1cccc(-c2nc3sc4ccccc4n3c2C[NH+]2CC[NH2+]CC2)c1. The van der Waals surface area contributed by atoms with Crippen molar-refractivity contribution in [2.75, 3.05) is 33.3 Å². The number of quaternary nitrogens is 2. The molecule has 3 heterocycles. The summed E-state index contributed by atoms with van der Waals surface area (Å²) < 4.78 is 9.12. The van der Waals surface area contributed by atoms with Crippen LogP contribution in [-0.4, -0.2) is 42.7 Å². The predicted molar refractivity (Wildman–Crippen MR) is 109 cm³/mol. The molecule has 1 aliphatic heterocycles. The van der Waals surface area contributed by atoms with E-state index < -0.39 is 0 Å². The normalized spacial score (nSPS) is 15.6. The van der Waals surface area contributed by atoms with E-state index in [0.717, 1.165) is 28.5 Å². The molecule has 2 aromatic carbocycles. The van der Waals surface area contributed by atoms with Crippen LogP contribution in [0.5, 0.6) is 5.75 Å². The number of nitrogens with two attached hydrogens (primary N) is 1. The number of aromatic nitrogens is 2. The Morgan fingerprint density at radius 2 is 2.00 bits per heavy atom. The van der Waals surface area contributed by atoms with Crippen LogP contribution in [0.4, 0.5) is 0 Å². The predicted octanol–water partition coefficient (Wildman–Crippen LogP) is 1.19. The van der Waals surface area contributed by atoms with Gasteiger partial charge in [-0.1, -0.05) is 35.6 Å². The first-order valence-corrected chi connectivity index (χ1v) is 10.3. The summed E-state index contributed by atoms with van der Waals surface area (Å²) in [5, 5.41) is 2.42. The van der Waals surface area contributed by atoms with E-state index >= 15 is 0 Å². The van der Waals surface area contributed by atoms with Crippen molar-refractivity contribution in [1.29, 1.82) is 0 Å². The second-order valence-corrected chi connectivity index (χ2v) is 8.13. The summed E-state index contributed by atoms with van der Waals surface area (Å²) in [5.41, 5.74) is 4.80. The molecule has 0 atom stereocenters. The average molecular weight is 381 g/mol. The van der Waals surface area contributed by atoms with Gasteiger partial charge in [0.25, 0.3) is 0 Å². The third-order valence-electron chi connectivity index (χ3n) is 5.41. The van der Waals surface area contributed by atoms with Crippen LogP contribution in [0.15, 0.2) is 48.5 Å². The molecule has 0 spiro atoms. The number of para-hydroxylation sites is 1. The molecule has 27 heavy (non-hydrogen) atoms. The van der Waals surface area contributed by atoms with E-state index in [0.29, 0.717) is 0 Å². The molecule has 3 N–H and O–H groups in total. The van der Waals surface area contributed by atoms with E-state index in [-0.39, 0.29) is 0 Å². The van der Waals surface area contributed by atoms with Crippen molar-refractivity contribution < 1.29 is 15.0 Å². The molecule has 1 aliphatic rings. The van der Waals surface area contributed by atoms with Gasteiger partial charge in [-0.3, -0.25) is 4.40 Å². The lowest BCUT2D eigenvalue weighted by Gasteiger charge is -2.22. The lowest BCUT2D eigenvalue weighted by Crippen LogP contribution is -3.19. The van der Waals surface area contributed by atoms with Crippen LogP contribution < -0.4 is 15.0 Å². The van der Waals surface area contributed by atoms with Gasteiger partial charge in [0.1, 0.15) is 44.2 Å². The van der Waals surface area contributed by atoms with Crippen molar-refractivity contribution in [1.82, 2.24) is 9.38 Å². The van der Waals surface area contributed by atoms with Crippen molar-refractivity contribution in [3.63, 3.8) is 0 Å². The molecule has 0 radical (unpaired) electrons. The molecule has 4 aromatic rings. The average Bonchev–Trinajstić information content (AvgIpc) is 3.25. The largest absolute Gasteiger partial charge is 0.497 e. The number of hydrogen-bond donors (Lipinski definition) is 2. The van der Waals surface area contributed by atoms with Crippen molar-refractivity contribution in [2.24, 2.45) is 0 Å². The lowest BCUT2D eigenvalue weighted by atomic mass is 10.1. The molecule has 0 saturated carbocycles. The van der Waals surface area contributed by atoms with Crippen LogP contribution in [0.1, 0.15) is 5.69 Å². The molecule has 0 unspecified atom stereocenters. The molecular weight excluding hydrogens is 356 g/mol. The summed E-state index contributed by atoms with van der Waals surface area (Å²) in [6.07, 6.45) is 0. The summed E-state index contributed by atoms with van der Waals surface area (Å²) in [6, 6.07) is 16.9. The Morgan fingerprint density at radius 3 is 2.85 bits per heavy atom. The number of nitrogens with one attached hydrogen (secondary N) is 1. The number of imidazole rings is 1. The number of hydrogen-bond acceptors (Lipinski definition) is 3. The fourth-order valence-electron chi connectivity index (χ4n) is 4.03. The number of nitrogens with zero attached hydrogens (tertiary/aromatic N) is 2. The lowest BCUT2D eigenvalue weighted by molar-refractivity contribution is -0.958. The summed E-state index contributed by atoms with van der Waals surface area (Å²) >= 11 is 1.77. The van der Waals surface area contributed by atoms with Crippen LogP contribution >= 0.6 is 11.3 Å². The van der Waals surface area contributed by atoms with Gasteiger partial charge in [0.05, 0.1) is 23.0 Å². The maximum absolute atomic E-state index is 5.45. The molecule has 6 heteroatoms. The molecule has 1 saturated heterocycles. The standard InChI is InChI=1S/C21H22N4OS/c1-26-16-6-4-5-15(13-16)20-18(14-24-11-9-22-10-12-24)25-17-7-2-3-8-19(17)27-21(25)23-20/h2-8,13,22H,9-12,14H2,1H3/p+2. The quantitative estimate of drug-likeness (QED) is 0.559. The molecule has 5 nitrogen and oxygen atoms in total. The number of piperazine rings is 1. The zero-order chi connectivity index (χ0) is 18.2. The van der Waals surface area contributed by atoms with Gasteiger partial charge in [-0.25, -0.2) is 4.98 Å². The third kappa shape index (κ3) is 3.00. The minimum Gasteiger partial charge on any atom is -0.497 e. The molecule has 138 valence electrons. The smallest absolute Gasteiger partial charge is 0.195 e. The second kappa shape index (κ2) is 6.96. The molecule has 0 aliphatic carbocycles. The van der Waals surface area contributed by atoms with Crippen molar-refractivity contribution in [3.8, 4) is 17.0 Å². The highest BCUT2D eigenvalue weighted by Gasteiger charge is 2.24. The Bertz CT molecular complexity index is 1090. The highest BCUT2D eigenvalue weighted by Crippen LogP contribution is 2.33. The van der Waals surface area contributed by atoms with Gasteiger partial charge in [-0.15, -0.1) is 0 Å². The van der Waals surface area contributed by atoms with Crippen molar-refractivity contribution in [2.45, 2.75) is 6.54 Å². The Kier molecular flexibility index (Phi) is 4.32. The summed E-state index contributed by atoms with van der Waals surface area (Å²) in [6.45, 7) is 5.81. The van der Waals surface area contributed by atoms with Gasteiger partial charge in [-0.2, -0.15) is 0 Å². The minimum absolute atomic E-state index is 0.875. The number of fused-ring (bicyclic) bond motifs is 3. The Labute approximate surface area is 162 Å². The Morgan fingerprint density at radius 1 is 1.15 bits per heavy atom. The minimum atomic E-state index is 0.875. The van der Waals surface area contributed by atoms with E-state index in [1.807, 2.05) is 12.1 Å². The van der Waals surface area contributed by atoms with Crippen LogP contribution in [0.3, 0.4) is 0 Å². The van der Waals surface area contributed by atoms with Crippen LogP contribution in [0.25, 0.3) is 26.4 Å². The zero-order valence-electron chi connectivity index (χ0n) is 15.4. The second-order valence-electron chi connectivity index (χ2n) is 7.12.